The van der Waals surface area contributed by atoms with Crippen molar-refractivity contribution in [3.63, 3.8) is 0 Å². The number of hydrogen-bond donors (Lipinski definition) is 1. The minimum atomic E-state index is 0.0897. The van der Waals surface area contributed by atoms with Gasteiger partial charge in [0.25, 0.3) is 0 Å². The SMILES string of the molecule is Cc1cccc(NC(=O)CN2C[C@H](C)C[C@H](C)C2)c1. The van der Waals surface area contributed by atoms with Gasteiger partial charge in [-0.2, -0.15) is 0 Å². The lowest BCUT2D eigenvalue weighted by Gasteiger charge is -2.34. The number of anilines is 1. The van der Waals surface area contributed by atoms with Crippen molar-refractivity contribution in [2.75, 3.05) is 25.0 Å². The molecule has 1 N–H and O–H groups in total. The normalized spacial score (nSPS) is 24.2. The largest absolute Gasteiger partial charge is 0.325 e. The highest BCUT2D eigenvalue weighted by Gasteiger charge is 2.23. The zero-order valence-electron chi connectivity index (χ0n) is 12.1. The molecule has 1 aliphatic rings. The summed E-state index contributed by atoms with van der Waals surface area (Å²) < 4.78 is 0. The van der Waals surface area contributed by atoms with Gasteiger partial charge in [0.05, 0.1) is 6.54 Å². The zero-order valence-corrected chi connectivity index (χ0v) is 12.1. The molecule has 1 aliphatic heterocycles. The molecule has 1 saturated heterocycles. The molecule has 2 atom stereocenters. The Morgan fingerprint density at radius 1 is 1.32 bits per heavy atom. The summed E-state index contributed by atoms with van der Waals surface area (Å²) in [7, 11) is 0. The minimum Gasteiger partial charge on any atom is -0.325 e. The summed E-state index contributed by atoms with van der Waals surface area (Å²) in [5, 5.41) is 2.98. The Labute approximate surface area is 116 Å². The molecule has 0 bridgehead atoms. The number of piperidine rings is 1. The Morgan fingerprint density at radius 3 is 2.63 bits per heavy atom. The third kappa shape index (κ3) is 4.35. The van der Waals surface area contributed by atoms with Gasteiger partial charge in [0.1, 0.15) is 0 Å². The van der Waals surface area contributed by atoms with E-state index < -0.39 is 0 Å². The fourth-order valence-electron chi connectivity index (χ4n) is 3.05. The van der Waals surface area contributed by atoms with Gasteiger partial charge in [-0.15, -0.1) is 0 Å². The van der Waals surface area contributed by atoms with E-state index in [1.165, 1.54) is 6.42 Å². The van der Waals surface area contributed by atoms with Gasteiger partial charge in [-0.05, 0) is 42.9 Å². The molecule has 1 fully saturated rings. The summed E-state index contributed by atoms with van der Waals surface area (Å²) >= 11 is 0. The third-order valence-corrected chi connectivity index (χ3v) is 3.61. The molecule has 3 nitrogen and oxygen atoms in total. The maximum atomic E-state index is 12.1. The van der Waals surface area contributed by atoms with Gasteiger partial charge in [-0.25, -0.2) is 0 Å². The molecule has 0 spiro atoms. The van der Waals surface area contributed by atoms with E-state index >= 15 is 0 Å². The lowest BCUT2D eigenvalue weighted by atomic mass is 9.92. The van der Waals surface area contributed by atoms with Crippen molar-refractivity contribution < 1.29 is 4.79 Å². The van der Waals surface area contributed by atoms with Gasteiger partial charge < -0.3 is 5.32 Å². The number of likely N-dealkylation sites (tertiary alicyclic amines) is 1. The predicted molar refractivity (Wildman–Crippen MR) is 79.2 cm³/mol. The molecule has 1 heterocycles. The number of nitrogens with one attached hydrogen (secondary N) is 1. The van der Waals surface area contributed by atoms with Gasteiger partial charge in [-0.1, -0.05) is 26.0 Å². The van der Waals surface area contributed by atoms with Crippen LogP contribution in [0.1, 0.15) is 25.8 Å². The number of carbonyl (C=O) groups excluding carboxylic acids is 1. The van der Waals surface area contributed by atoms with Gasteiger partial charge in [0.15, 0.2) is 0 Å². The van der Waals surface area contributed by atoms with E-state index in [0.29, 0.717) is 18.4 Å². The number of nitrogens with zero attached hydrogens (tertiary/aromatic N) is 1. The molecule has 2 rings (SSSR count). The summed E-state index contributed by atoms with van der Waals surface area (Å²) in [6.45, 7) is 9.13. The van der Waals surface area contributed by atoms with E-state index in [2.05, 4.69) is 24.1 Å². The molecule has 0 radical (unpaired) electrons. The number of amides is 1. The second kappa shape index (κ2) is 6.20. The highest BCUT2D eigenvalue weighted by atomic mass is 16.2. The predicted octanol–water partition coefficient (Wildman–Crippen LogP) is 2.91. The maximum absolute atomic E-state index is 12.1. The number of rotatable bonds is 3. The molecule has 0 unspecified atom stereocenters. The number of aryl methyl sites for hydroxylation is 1. The fourth-order valence-corrected chi connectivity index (χ4v) is 3.05. The minimum absolute atomic E-state index is 0.0897. The van der Waals surface area contributed by atoms with Crippen LogP contribution in [0.25, 0.3) is 0 Å². The molecule has 0 aromatic heterocycles. The van der Waals surface area contributed by atoms with E-state index in [9.17, 15) is 4.79 Å². The average Bonchev–Trinajstić information content (AvgIpc) is 2.26. The van der Waals surface area contributed by atoms with Crippen molar-refractivity contribution in [1.82, 2.24) is 4.90 Å². The third-order valence-electron chi connectivity index (χ3n) is 3.61. The first-order valence-corrected chi connectivity index (χ1v) is 7.12. The highest BCUT2D eigenvalue weighted by molar-refractivity contribution is 5.92. The molecule has 0 aliphatic carbocycles. The van der Waals surface area contributed by atoms with Crippen LogP contribution in [0.2, 0.25) is 0 Å². The first-order valence-electron chi connectivity index (χ1n) is 7.12. The number of carbonyl (C=O) groups is 1. The molecule has 1 aromatic carbocycles. The summed E-state index contributed by atoms with van der Waals surface area (Å²) in [6.07, 6.45) is 1.27. The van der Waals surface area contributed by atoms with Crippen LogP contribution in [-0.2, 0) is 4.79 Å². The van der Waals surface area contributed by atoms with Crippen LogP contribution in [0.5, 0.6) is 0 Å². The van der Waals surface area contributed by atoms with E-state index in [1.807, 2.05) is 31.2 Å². The second-order valence-electron chi connectivity index (χ2n) is 6.06. The maximum Gasteiger partial charge on any atom is 0.238 e. The van der Waals surface area contributed by atoms with Crippen molar-refractivity contribution in [3.05, 3.63) is 29.8 Å². The number of hydrogen-bond acceptors (Lipinski definition) is 2. The molecule has 3 heteroatoms. The molecule has 19 heavy (non-hydrogen) atoms. The van der Waals surface area contributed by atoms with Crippen LogP contribution in [0.4, 0.5) is 5.69 Å². The van der Waals surface area contributed by atoms with Crippen LogP contribution >= 0.6 is 0 Å². The van der Waals surface area contributed by atoms with E-state index in [0.717, 1.165) is 24.3 Å². The Morgan fingerprint density at radius 2 is 2.00 bits per heavy atom. The Balaban J connectivity index is 1.87. The van der Waals surface area contributed by atoms with Gasteiger partial charge in [-0.3, -0.25) is 9.69 Å². The fraction of sp³-hybridized carbons (Fsp3) is 0.562. The molecular weight excluding hydrogens is 236 g/mol. The van der Waals surface area contributed by atoms with Gasteiger partial charge >= 0.3 is 0 Å². The lowest BCUT2D eigenvalue weighted by Crippen LogP contribution is -2.42. The van der Waals surface area contributed by atoms with Crippen molar-refractivity contribution in [3.8, 4) is 0 Å². The van der Waals surface area contributed by atoms with Crippen molar-refractivity contribution in [2.24, 2.45) is 11.8 Å². The second-order valence-corrected chi connectivity index (χ2v) is 6.06. The molecule has 1 aromatic rings. The monoisotopic (exact) mass is 260 g/mol. The Bertz CT molecular complexity index is 434. The van der Waals surface area contributed by atoms with Crippen LogP contribution < -0.4 is 5.32 Å². The first-order chi connectivity index (χ1) is 9.02. The summed E-state index contributed by atoms with van der Waals surface area (Å²) in [5.41, 5.74) is 2.06. The van der Waals surface area contributed by atoms with Gasteiger partial charge in [0, 0.05) is 18.8 Å². The smallest absolute Gasteiger partial charge is 0.238 e. The Hall–Kier alpha value is -1.35. The van der Waals surface area contributed by atoms with Crippen LogP contribution in [0.15, 0.2) is 24.3 Å². The van der Waals surface area contributed by atoms with Crippen LogP contribution in [-0.4, -0.2) is 30.4 Å². The van der Waals surface area contributed by atoms with Gasteiger partial charge in [0.2, 0.25) is 5.91 Å². The molecular formula is C16H24N2O. The molecule has 0 saturated carbocycles. The van der Waals surface area contributed by atoms with E-state index in [-0.39, 0.29) is 5.91 Å². The van der Waals surface area contributed by atoms with Crippen molar-refractivity contribution in [1.29, 1.82) is 0 Å². The standard InChI is InChI=1S/C16H24N2O/c1-12-5-4-6-15(8-12)17-16(19)11-18-9-13(2)7-14(3)10-18/h4-6,8,13-14H,7,9-11H2,1-3H3,(H,17,19)/t13-,14+. The Kier molecular flexibility index (Phi) is 4.59. The molecule has 1 amide bonds. The quantitative estimate of drug-likeness (QED) is 0.906. The van der Waals surface area contributed by atoms with Crippen molar-refractivity contribution >= 4 is 11.6 Å². The molecule has 104 valence electrons. The van der Waals surface area contributed by atoms with Crippen LogP contribution in [0.3, 0.4) is 0 Å². The number of benzene rings is 1. The summed E-state index contributed by atoms with van der Waals surface area (Å²) in [6, 6.07) is 7.94. The van der Waals surface area contributed by atoms with E-state index in [4.69, 9.17) is 0 Å². The summed E-state index contributed by atoms with van der Waals surface area (Å²) in [4.78, 5) is 14.3. The topological polar surface area (TPSA) is 32.3 Å². The zero-order chi connectivity index (χ0) is 13.8. The lowest BCUT2D eigenvalue weighted by molar-refractivity contribution is -0.117. The summed E-state index contributed by atoms with van der Waals surface area (Å²) in [5.74, 6) is 1.47. The first kappa shape index (κ1) is 14.1. The highest BCUT2D eigenvalue weighted by Crippen LogP contribution is 2.20. The van der Waals surface area contributed by atoms with E-state index in [1.54, 1.807) is 0 Å². The average molecular weight is 260 g/mol. The van der Waals surface area contributed by atoms with Crippen molar-refractivity contribution in [2.45, 2.75) is 27.2 Å². The van der Waals surface area contributed by atoms with Crippen LogP contribution in [0, 0.1) is 18.8 Å².